The number of aliphatic hydroxyl groups is 1. The van der Waals surface area contributed by atoms with E-state index < -0.39 is 6.10 Å². The van der Waals surface area contributed by atoms with Gasteiger partial charge >= 0.3 is 0 Å². The molecule has 3 N–H and O–H groups in total. The Morgan fingerprint density at radius 2 is 1.81 bits per heavy atom. The summed E-state index contributed by atoms with van der Waals surface area (Å²) >= 11 is 7.53. The molecule has 2 nitrogen and oxygen atoms in total. The van der Waals surface area contributed by atoms with Crippen LogP contribution in [0.4, 0.5) is 0 Å². The summed E-state index contributed by atoms with van der Waals surface area (Å²) < 4.78 is 1.18. The zero-order valence-electron chi connectivity index (χ0n) is 11.4. The van der Waals surface area contributed by atoms with Gasteiger partial charge in [-0.1, -0.05) is 41.9 Å². The van der Waals surface area contributed by atoms with Gasteiger partial charge in [-0.2, -0.15) is 0 Å². The molecule has 2 aromatic carbocycles. The van der Waals surface area contributed by atoms with Crippen LogP contribution in [0.3, 0.4) is 0 Å². The van der Waals surface area contributed by atoms with Gasteiger partial charge in [-0.3, -0.25) is 0 Å². The van der Waals surface area contributed by atoms with Crippen molar-refractivity contribution in [1.29, 1.82) is 0 Å². The molecule has 1 heterocycles. The second-order valence-electron chi connectivity index (χ2n) is 5.03. The van der Waals surface area contributed by atoms with Gasteiger partial charge in [0.05, 0.1) is 6.10 Å². The van der Waals surface area contributed by atoms with Crippen LogP contribution in [0.2, 0.25) is 5.02 Å². The molecule has 1 aromatic heterocycles. The molecule has 3 aromatic rings. The molecule has 4 heteroatoms. The van der Waals surface area contributed by atoms with E-state index in [2.05, 4.69) is 12.1 Å². The van der Waals surface area contributed by atoms with Gasteiger partial charge in [-0.05, 0) is 35.2 Å². The van der Waals surface area contributed by atoms with Crippen LogP contribution in [0.25, 0.3) is 10.1 Å². The van der Waals surface area contributed by atoms with E-state index in [9.17, 15) is 5.11 Å². The summed E-state index contributed by atoms with van der Waals surface area (Å²) in [6.45, 7) is 0.386. The first-order chi connectivity index (χ1) is 10.2. The summed E-state index contributed by atoms with van der Waals surface area (Å²) in [7, 11) is 0. The van der Waals surface area contributed by atoms with Gasteiger partial charge in [0.2, 0.25) is 0 Å². The molecule has 0 bridgehead atoms. The minimum atomic E-state index is -0.603. The van der Waals surface area contributed by atoms with E-state index in [0.29, 0.717) is 11.6 Å². The van der Waals surface area contributed by atoms with Crippen molar-refractivity contribution in [2.75, 3.05) is 6.54 Å². The Bertz CT molecular complexity index is 705. The van der Waals surface area contributed by atoms with Crippen molar-refractivity contribution in [2.45, 2.75) is 12.0 Å². The van der Waals surface area contributed by atoms with Crippen molar-refractivity contribution in [2.24, 2.45) is 5.73 Å². The number of hydrogen-bond acceptors (Lipinski definition) is 3. The fourth-order valence-electron chi connectivity index (χ4n) is 2.50. The van der Waals surface area contributed by atoms with E-state index in [-0.39, 0.29) is 5.92 Å². The molecule has 0 saturated heterocycles. The van der Waals surface area contributed by atoms with Gasteiger partial charge < -0.3 is 10.8 Å². The van der Waals surface area contributed by atoms with Crippen LogP contribution in [0, 0.1) is 0 Å². The number of hydrogen-bond donors (Lipinski definition) is 2. The fourth-order valence-corrected chi connectivity index (χ4v) is 3.75. The van der Waals surface area contributed by atoms with Gasteiger partial charge in [-0.25, -0.2) is 0 Å². The van der Waals surface area contributed by atoms with E-state index in [4.69, 9.17) is 17.3 Å². The summed E-state index contributed by atoms with van der Waals surface area (Å²) in [6, 6.07) is 17.7. The topological polar surface area (TPSA) is 46.2 Å². The summed E-state index contributed by atoms with van der Waals surface area (Å²) in [5.74, 6) is -0.129. The lowest BCUT2D eigenvalue weighted by Gasteiger charge is -2.21. The maximum absolute atomic E-state index is 10.7. The molecule has 0 radical (unpaired) electrons. The number of benzene rings is 2. The van der Waals surface area contributed by atoms with Crippen LogP contribution in [0.15, 0.2) is 54.6 Å². The molecule has 21 heavy (non-hydrogen) atoms. The average Bonchev–Trinajstić information content (AvgIpc) is 2.93. The van der Waals surface area contributed by atoms with Crippen LogP contribution in [-0.4, -0.2) is 11.7 Å². The van der Waals surface area contributed by atoms with Gasteiger partial charge in [0, 0.05) is 27.1 Å². The fraction of sp³-hybridized carbons (Fsp3) is 0.176. The Kier molecular flexibility index (Phi) is 4.27. The minimum absolute atomic E-state index is 0.129. The quantitative estimate of drug-likeness (QED) is 0.752. The number of nitrogens with two attached hydrogens (primary N) is 1. The maximum atomic E-state index is 10.7. The zero-order chi connectivity index (χ0) is 14.8. The highest BCUT2D eigenvalue weighted by atomic mass is 35.5. The second kappa shape index (κ2) is 6.16. The highest BCUT2D eigenvalue weighted by Gasteiger charge is 2.23. The lowest BCUT2D eigenvalue weighted by molar-refractivity contribution is 0.151. The molecule has 2 unspecified atom stereocenters. The van der Waals surface area contributed by atoms with Crippen LogP contribution in [0.5, 0.6) is 0 Å². The Hall–Kier alpha value is -1.39. The largest absolute Gasteiger partial charge is 0.387 e. The van der Waals surface area contributed by atoms with Crippen molar-refractivity contribution in [3.8, 4) is 0 Å². The van der Waals surface area contributed by atoms with Crippen LogP contribution in [0.1, 0.15) is 22.5 Å². The van der Waals surface area contributed by atoms with Crippen LogP contribution < -0.4 is 5.73 Å². The third kappa shape index (κ3) is 2.97. The van der Waals surface area contributed by atoms with E-state index in [1.165, 1.54) is 4.70 Å². The third-order valence-corrected chi connectivity index (χ3v) is 5.11. The normalized spacial score (nSPS) is 14.2. The van der Waals surface area contributed by atoms with Crippen molar-refractivity contribution >= 4 is 33.0 Å². The standard InChI is InChI=1S/C17H16ClNOS/c18-13-7-5-11(6-8-13)14(10-19)17(20)16-9-12-3-1-2-4-15(12)21-16/h1-9,14,17,20H,10,19H2. The zero-order valence-corrected chi connectivity index (χ0v) is 12.9. The molecule has 108 valence electrons. The van der Waals surface area contributed by atoms with Crippen molar-refractivity contribution in [3.05, 3.63) is 70.1 Å². The molecular formula is C17H16ClNOS. The van der Waals surface area contributed by atoms with Crippen LogP contribution >= 0.6 is 22.9 Å². The Balaban J connectivity index is 1.94. The monoisotopic (exact) mass is 317 g/mol. The molecule has 0 spiro atoms. The smallest absolute Gasteiger partial charge is 0.0962 e. The number of halogens is 1. The molecule has 0 aliphatic carbocycles. The number of rotatable bonds is 4. The molecule has 0 aliphatic heterocycles. The van der Waals surface area contributed by atoms with E-state index in [1.807, 2.05) is 42.5 Å². The number of thiophene rings is 1. The lowest BCUT2D eigenvalue weighted by Crippen LogP contribution is -2.19. The predicted molar refractivity (Wildman–Crippen MR) is 90.0 cm³/mol. The molecule has 0 amide bonds. The first kappa shape index (κ1) is 14.5. The van der Waals surface area contributed by atoms with Crippen LogP contribution in [-0.2, 0) is 0 Å². The van der Waals surface area contributed by atoms with Gasteiger partial charge in [0.1, 0.15) is 0 Å². The van der Waals surface area contributed by atoms with E-state index >= 15 is 0 Å². The molecular weight excluding hydrogens is 302 g/mol. The highest BCUT2D eigenvalue weighted by Crippen LogP contribution is 2.37. The molecule has 3 rings (SSSR count). The Labute approximate surface area is 132 Å². The number of aliphatic hydroxyl groups excluding tert-OH is 1. The summed E-state index contributed by atoms with van der Waals surface area (Å²) in [5, 5.41) is 12.5. The maximum Gasteiger partial charge on any atom is 0.0962 e. The summed E-state index contributed by atoms with van der Waals surface area (Å²) in [5.41, 5.74) is 6.89. The van der Waals surface area contributed by atoms with Crippen molar-refractivity contribution < 1.29 is 5.11 Å². The van der Waals surface area contributed by atoms with E-state index in [0.717, 1.165) is 15.8 Å². The Morgan fingerprint density at radius 1 is 1.10 bits per heavy atom. The lowest BCUT2D eigenvalue weighted by atomic mass is 9.92. The number of fused-ring (bicyclic) bond motifs is 1. The first-order valence-corrected chi connectivity index (χ1v) is 8.00. The van der Waals surface area contributed by atoms with Gasteiger partial charge in [0.25, 0.3) is 0 Å². The minimum Gasteiger partial charge on any atom is -0.387 e. The highest BCUT2D eigenvalue weighted by molar-refractivity contribution is 7.19. The molecule has 0 aliphatic rings. The third-order valence-electron chi connectivity index (χ3n) is 3.67. The van der Waals surface area contributed by atoms with E-state index in [1.54, 1.807) is 11.3 Å². The van der Waals surface area contributed by atoms with Crippen molar-refractivity contribution in [3.63, 3.8) is 0 Å². The second-order valence-corrected chi connectivity index (χ2v) is 6.58. The molecule has 2 atom stereocenters. The average molecular weight is 318 g/mol. The molecule has 0 fully saturated rings. The van der Waals surface area contributed by atoms with Gasteiger partial charge in [0.15, 0.2) is 0 Å². The van der Waals surface area contributed by atoms with Crippen molar-refractivity contribution in [1.82, 2.24) is 0 Å². The summed E-state index contributed by atoms with van der Waals surface area (Å²) in [4.78, 5) is 0.946. The Morgan fingerprint density at radius 3 is 2.48 bits per heavy atom. The summed E-state index contributed by atoms with van der Waals surface area (Å²) in [6.07, 6.45) is -0.603. The predicted octanol–water partition coefficient (Wildman–Crippen LogP) is 4.33. The SMILES string of the molecule is NCC(c1ccc(Cl)cc1)C(O)c1cc2ccccc2s1. The van der Waals surface area contributed by atoms with Gasteiger partial charge in [-0.15, -0.1) is 11.3 Å². The molecule has 0 saturated carbocycles. The first-order valence-electron chi connectivity index (χ1n) is 6.81.